The Kier molecular flexibility index (Phi) is 7.37. The molecule has 3 aromatic heterocycles. The predicted octanol–water partition coefficient (Wildman–Crippen LogP) is 5.25. The highest BCUT2D eigenvalue weighted by molar-refractivity contribution is 7.90. The fraction of sp³-hybridized carbons (Fsp3) is 0.229. The Morgan fingerprint density at radius 3 is 2.26 bits per heavy atom. The van der Waals surface area contributed by atoms with Gasteiger partial charge in [0.1, 0.15) is 0 Å². The summed E-state index contributed by atoms with van der Waals surface area (Å²) < 4.78 is 29.2. The van der Waals surface area contributed by atoms with Crippen molar-refractivity contribution in [3.8, 4) is 22.3 Å². The number of likely N-dealkylation sites (N-methyl/N-ethyl adjacent to an activating group) is 1. The molecule has 4 heterocycles. The molecule has 6 aromatic rings. The van der Waals surface area contributed by atoms with Crippen molar-refractivity contribution in [1.82, 2.24) is 29.0 Å². The zero-order chi connectivity index (χ0) is 32.2. The maximum Gasteiger partial charge on any atom is 0.269 e. The Labute approximate surface area is 267 Å². The summed E-state index contributed by atoms with van der Waals surface area (Å²) in [5.41, 5.74) is 7.17. The molecule has 0 unspecified atom stereocenters. The number of carbonyl (C=O) groups excluding carboxylic acids is 1. The zero-order valence-corrected chi connectivity index (χ0v) is 27.0. The van der Waals surface area contributed by atoms with E-state index in [1.807, 2.05) is 31.3 Å². The van der Waals surface area contributed by atoms with E-state index in [1.54, 1.807) is 62.9 Å². The third-order valence-corrected chi connectivity index (χ3v) is 10.5. The molecule has 0 radical (unpaired) electrons. The van der Waals surface area contributed by atoms with Gasteiger partial charge in [-0.05, 0) is 61.5 Å². The van der Waals surface area contributed by atoms with E-state index < -0.39 is 10.0 Å². The first-order valence-corrected chi connectivity index (χ1v) is 16.6. The summed E-state index contributed by atoms with van der Waals surface area (Å²) in [4.78, 5) is 23.7. The Hall–Kier alpha value is -5.00. The van der Waals surface area contributed by atoms with Crippen LogP contribution >= 0.6 is 0 Å². The zero-order valence-electron chi connectivity index (χ0n) is 26.2. The van der Waals surface area contributed by atoms with Gasteiger partial charge < -0.3 is 14.7 Å². The van der Waals surface area contributed by atoms with Crippen LogP contribution in [0.2, 0.25) is 0 Å². The Morgan fingerprint density at radius 1 is 0.848 bits per heavy atom. The van der Waals surface area contributed by atoms with Crippen molar-refractivity contribution >= 4 is 43.6 Å². The van der Waals surface area contributed by atoms with E-state index in [9.17, 15) is 13.2 Å². The number of pyridine rings is 1. The molecular formula is C35H35N7O3S. The number of aromatic amines is 1. The number of aryl methyl sites for hydroxylation is 1. The van der Waals surface area contributed by atoms with Crippen LogP contribution < -0.4 is 4.90 Å². The second-order valence-electron chi connectivity index (χ2n) is 12.1. The first-order valence-electron chi connectivity index (χ1n) is 15.2. The molecule has 1 amide bonds. The number of benzene rings is 3. The van der Waals surface area contributed by atoms with Crippen molar-refractivity contribution in [3.63, 3.8) is 0 Å². The standard InChI is InChI=1S/C35H35N7O3S/c1-23-5-11-27(12-6-23)46(44,45)42-22-31(24-7-9-25(10-8-24)35(43)39(2)3)29-19-26(20-36-34(29)42)28-13-14-32(33-30(28)21-37-38-33)41-17-15-40(4)16-18-41/h5-14,19-22H,15-18H2,1-4H3,(H,37,38). The quantitative estimate of drug-likeness (QED) is 0.267. The van der Waals surface area contributed by atoms with Gasteiger partial charge in [0.15, 0.2) is 5.65 Å². The molecule has 0 spiro atoms. The molecule has 3 aromatic carbocycles. The summed E-state index contributed by atoms with van der Waals surface area (Å²) in [7, 11) is 1.60. The predicted molar refractivity (Wildman–Crippen MR) is 182 cm³/mol. The second kappa shape index (κ2) is 11.4. The largest absolute Gasteiger partial charge is 0.367 e. The van der Waals surface area contributed by atoms with Gasteiger partial charge >= 0.3 is 0 Å². The molecule has 0 saturated carbocycles. The second-order valence-corrected chi connectivity index (χ2v) is 13.9. The Morgan fingerprint density at radius 2 is 1.57 bits per heavy atom. The molecule has 11 heteroatoms. The highest BCUT2D eigenvalue weighted by atomic mass is 32.2. The molecule has 7 rings (SSSR count). The van der Waals surface area contributed by atoms with Crippen LogP contribution in [0.15, 0.2) is 90.2 Å². The number of piperazine rings is 1. The van der Waals surface area contributed by atoms with Gasteiger partial charge in [-0.15, -0.1) is 0 Å². The third-order valence-electron chi connectivity index (χ3n) is 8.79. The smallest absolute Gasteiger partial charge is 0.269 e. The molecule has 46 heavy (non-hydrogen) atoms. The van der Waals surface area contributed by atoms with E-state index in [0.29, 0.717) is 22.2 Å². The summed E-state index contributed by atoms with van der Waals surface area (Å²) in [5.74, 6) is -0.107. The van der Waals surface area contributed by atoms with E-state index in [0.717, 1.165) is 65.0 Å². The molecule has 1 saturated heterocycles. The number of amides is 1. The number of nitrogens with zero attached hydrogens (tertiary/aromatic N) is 6. The van der Waals surface area contributed by atoms with Gasteiger partial charge in [0.2, 0.25) is 0 Å². The topological polar surface area (TPSA) is 107 Å². The molecule has 10 nitrogen and oxygen atoms in total. The maximum atomic E-state index is 14.0. The molecule has 0 bridgehead atoms. The number of anilines is 1. The molecule has 1 N–H and O–H groups in total. The molecule has 234 valence electrons. The van der Waals surface area contributed by atoms with Crippen molar-refractivity contribution in [2.75, 3.05) is 52.2 Å². The summed E-state index contributed by atoms with van der Waals surface area (Å²) in [6, 6.07) is 20.2. The number of H-pyrrole nitrogens is 1. The van der Waals surface area contributed by atoms with Gasteiger partial charge in [0.25, 0.3) is 15.9 Å². The van der Waals surface area contributed by atoms with E-state index >= 15 is 0 Å². The lowest BCUT2D eigenvalue weighted by Gasteiger charge is -2.34. The molecular weight excluding hydrogens is 598 g/mol. The first-order chi connectivity index (χ1) is 22.1. The number of hydrogen-bond donors (Lipinski definition) is 1. The van der Waals surface area contributed by atoms with Crippen LogP contribution in [0.3, 0.4) is 0 Å². The van der Waals surface area contributed by atoms with Gasteiger partial charge in [-0.1, -0.05) is 35.9 Å². The van der Waals surface area contributed by atoms with Crippen molar-refractivity contribution in [1.29, 1.82) is 0 Å². The average Bonchev–Trinajstić information content (AvgIpc) is 3.71. The minimum absolute atomic E-state index is 0.107. The van der Waals surface area contributed by atoms with Crippen molar-refractivity contribution in [2.45, 2.75) is 11.8 Å². The summed E-state index contributed by atoms with van der Waals surface area (Å²) in [5, 5.41) is 9.26. The summed E-state index contributed by atoms with van der Waals surface area (Å²) in [6.07, 6.45) is 5.19. The van der Waals surface area contributed by atoms with Gasteiger partial charge in [-0.25, -0.2) is 17.4 Å². The lowest BCUT2D eigenvalue weighted by molar-refractivity contribution is 0.0827. The van der Waals surface area contributed by atoms with Crippen molar-refractivity contribution < 1.29 is 13.2 Å². The lowest BCUT2D eigenvalue weighted by atomic mass is 9.99. The molecule has 0 atom stereocenters. The van der Waals surface area contributed by atoms with E-state index in [4.69, 9.17) is 4.98 Å². The van der Waals surface area contributed by atoms with E-state index in [-0.39, 0.29) is 10.8 Å². The minimum Gasteiger partial charge on any atom is -0.367 e. The number of fused-ring (bicyclic) bond motifs is 2. The fourth-order valence-electron chi connectivity index (χ4n) is 6.10. The third kappa shape index (κ3) is 5.11. The van der Waals surface area contributed by atoms with Gasteiger partial charge in [0, 0.05) is 80.1 Å². The maximum absolute atomic E-state index is 14.0. The summed E-state index contributed by atoms with van der Waals surface area (Å²) in [6.45, 7) is 5.77. The number of aromatic nitrogens is 4. The van der Waals surface area contributed by atoms with Gasteiger partial charge in [-0.2, -0.15) is 5.10 Å². The lowest BCUT2D eigenvalue weighted by Crippen LogP contribution is -2.44. The van der Waals surface area contributed by atoms with Crippen LogP contribution in [0, 0.1) is 6.92 Å². The van der Waals surface area contributed by atoms with Crippen LogP contribution in [-0.4, -0.2) is 90.6 Å². The Bertz CT molecular complexity index is 2190. The SMILES string of the molecule is Cc1ccc(S(=O)(=O)n2cc(-c3ccc(C(=O)N(C)C)cc3)c3cc(-c4ccc(N5CCN(C)CC5)c5[nH]ncc45)cnc32)cc1. The Balaban J connectivity index is 1.38. The molecule has 0 aliphatic carbocycles. The monoisotopic (exact) mass is 633 g/mol. The summed E-state index contributed by atoms with van der Waals surface area (Å²) >= 11 is 0. The first kappa shape index (κ1) is 29.7. The molecule has 1 aliphatic heterocycles. The molecule has 1 aliphatic rings. The number of hydrogen-bond acceptors (Lipinski definition) is 7. The van der Waals surface area contributed by atoms with Gasteiger partial charge in [0.05, 0.1) is 22.3 Å². The van der Waals surface area contributed by atoms with Crippen molar-refractivity contribution in [2.24, 2.45) is 0 Å². The highest BCUT2D eigenvalue weighted by Gasteiger charge is 2.25. The highest BCUT2D eigenvalue weighted by Crippen LogP contribution is 2.38. The van der Waals surface area contributed by atoms with Crippen LogP contribution in [-0.2, 0) is 10.0 Å². The van der Waals surface area contributed by atoms with Crippen molar-refractivity contribution in [3.05, 3.63) is 96.4 Å². The van der Waals surface area contributed by atoms with Crippen LogP contribution in [0.4, 0.5) is 5.69 Å². The minimum atomic E-state index is -3.96. The van der Waals surface area contributed by atoms with Crippen LogP contribution in [0.25, 0.3) is 44.2 Å². The van der Waals surface area contributed by atoms with E-state index in [1.165, 1.54) is 8.87 Å². The average molecular weight is 634 g/mol. The molecule has 1 fully saturated rings. The van der Waals surface area contributed by atoms with Crippen LogP contribution in [0.1, 0.15) is 15.9 Å². The van der Waals surface area contributed by atoms with Crippen LogP contribution in [0.5, 0.6) is 0 Å². The number of carbonyl (C=O) groups is 1. The number of nitrogens with one attached hydrogen (secondary N) is 1. The van der Waals surface area contributed by atoms with E-state index in [2.05, 4.69) is 39.2 Å². The normalized spacial score (nSPS) is 14.3. The van der Waals surface area contributed by atoms with Gasteiger partial charge in [-0.3, -0.25) is 9.89 Å². The number of rotatable bonds is 6. The fourth-order valence-corrected chi connectivity index (χ4v) is 7.42.